The van der Waals surface area contributed by atoms with Gasteiger partial charge in [0, 0.05) is 30.8 Å². The Morgan fingerprint density at radius 1 is 0.909 bits per heavy atom. The number of rotatable bonds is 3. The summed E-state index contributed by atoms with van der Waals surface area (Å²) in [5.74, 6) is 0.207. The van der Waals surface area contributed by atoms with Crippen LogP contribution in [-0.2, 0) is 16.0 Å². The fraction of sp³-hybridized carbons (Fsp3) is 0.514. The zero-order chi connectivity index (χ0) is 30.9. The van der Waals surface area contributed by atoms with E-state index in [0.29, 0.717) is 39.1 Å². The Labute approximate surface area is 259 Å². The Balaban J connectivity index is 1.34. The van der Waals surface area contributed by atoms with Crippen molar-refractivity contribution in [3.63, 3.8) is 0 Å². The minimum atomic E-state index is -0.966. The topological polar surface area (TPSA) is 85.1 Å². The first kappa shape index (κ1) is 31.7. The minimum Gasteiger partial charge on any atom is -0.491 e. The lowest BCUT2D eigenvalue weighted by molar-refractivity contribution is -0.164. The largest absolute Gasteiger partial charge is 0.491 e. The Morgan fingerprint density at radius 3 is 2.48 bits per heavy atom. The number of para-hydroxylation sites is 1. The summed E-state index contributed by atoms with van der Waals surface area (Å²) >= 11 is 0. The van der Waals surface area contributed by atoms with E-state index >= 15 is 0 Å². The molecule has 0 bridgehead atoms. The normalized spacial score (nSPS) is 21.1. The number of amides is 2. The molecule has 0 radical (unpaired) electrons. The summed E-state index contributed by atoms with van der Waals surface area (Å²) in [6, 6.07) is 15.9. The minimum absolute atomic E-state index is 0.00634. The Kier molecular flexibility index (Phi) is 10.7. The van der Waals surface area contributed by atoms with Crippen molar-refractivity contribution in [3.05, 3.63) is 71.7 Å². The molecule has 5 rings (SSSR count). The van der Waals surface area contributed by atoms with Gasteiger partial charge in [0.15, 0.2) is 0 Å². The maximum absolute atomic E-state index is 14.4. The smallest absolute Gasteiger partial charge is 0.292 e. The molecule has 44 heavy (non-hydrogen) atoms. The first-order valence-corrected chi connectivity index (χ1v) is 16.0. The molecule has 2 amide bonds. The molecule has 1 unspecified atom stereocenters. The van der Waals surface area contributed by atoms with Gasteiger partial charge in [-0.15, -0.1) is 0 Å². The van der Waals surface area contributed by atoms with Crippen LogP contribution in [0.3, 0.4) is 0 Å². The number of aromatic nitrogens is 1. The number of hydrogen-bond donors (Lipinski definition) is 0. The SMILES string of the molecule is CC(C)N1CCOc2ccccc2CCCCC2(CCCCCCN(C(=O)c3cc(-c4ccccc4F)no3)CCO2)C1=O. The monoisotopic (exact) mass is 605 g/mol. The fourth-order valence-corrected chi connectivity index (χ4v) is 6.29. The molecule has 1 atom stereocenters. The van der Waals surface area contributed by atoms with Crippen LogP contribution >= 0.6 is 0 Å². The number of fused-ring (bicyclic) bond motifs is 1. The summed E-state index contributed by atoms with van der Waals surface area (Å²) in [4.78, 5) is 31.5. The van der Waals surface area contributed by atoms with Gasteiger partial charge in [-0.05, 0) is 76.1 Å². The molecule has 2 aromatic carbocycles. The third kappa shape index (κ3) is 7.49. The average molecular weight is 606 g/mol. The second-order valence-corrected chi connectivity index (χ2v) is 12.1. The number of benzene rings is 2. The highest BCUT2D eigenvalue weighted by Crippen LogP contribution is 2.32. The van der Waals surface area contributed by atoms with Gasteiger partial charge in [0.25, 0.3) is 11.8 Å². The van der Waals surface area contributed by atoms with Gasteiger partial charge >= 0.3 is 0 Å². The van der Waals surface area contributed by atoms with Gasteiger partial charge in [0.1, 0.15) is 29.5 Å². The summed E-state index contributed by atoms with van der Waals surface area (Å²) in [6.45, 7) is 6.00. The number of nitrogens with zero attached hydrogens (tertiary/aromatic N) is 3. The molecule has 3 heterocycles. The molecule has 1 aromatic heterocycles. The van der Waals surface area contributed by atoms with E-state index in [9.17, 15) is 14.0 Å². The van der Waals surface area contributed by atoms with Crippen molar-refractivity contribution in [3.8, 4) is 17.0 Å². The van der Waals surface area contributed by atoms with Crippen LogP contribution in [0, 0.1) is 5.82 Å². The number of halogens is 1. The molecule has 0 saturated carbocycles. The maximum atomic E-state index is 14.4. The van der Waals surface area contributed by atoms with Crippen LogP contribution in [0.5, 0.6) is 5.75 Å². The van der Waals surface area contributed by atoms with Crippen LogP contribution in [0.15, 0.2) is 59.1 Å². The summed E-state index contributed by atoms with van der Waals surface area (Å²) in [7, 11) is 0. The van der Waals surface area contributed by atoms with E-state index in [1.807, 2.05) is 36.9 Å². The molecule has 0 N–H and O–H groups in total. The molecule has 8 nitrogen and oxygen atoms in total. The van der Waals surface area contributed by atoms with Crippen molar-refractivity contribution < 1.29 is 28.0 Å². The molecule has 9 heteroatoms. The van der Waals surface area contributed by atoms with Gasteiger partial charge in [-0.1, -0.05) is 54.8 Å². The molecule has 0 aliphatic carbocycles. The van der Waals surface area contributed by atoms with Crippen molar-refractivity contribution in [1.82, 2.24) is 15.0 Å². The Morgan fingerprint density at radius 2 is 1.66 bits per heavy atom. The number of aryl methyl sites for hydroxylation is 1. The molecule has 1 fully saturated rings. The summed E-state index contributed by atoms with van der Waals surface area (Å²) in [5.41, 5.74) is 0.778. The van der Waals surface area contributed by atoms with E-state index < -0.39 is 11.4 Å². The van der Waals surface area contributed by atoms with Crippen molar-refractivity contribution in [1.29, 1.82) is 0 Å². The average Bonchev–Trinajstić information content (AvgIpc) is 3.49. The second-order valence-electron chi connectivity index (χ2n) is 12.1. The van der Waals surface area contributed by atoms with E-state index in [0.717, 1.165) is 50.7 Å². The van der Waals surface area contributed by atoms with Crippen molar-refractivity contribution >= 4 is 11.8 Å². The predicted molar refractivity (Wildman–Crippen MR) is 166 cm³/mol. The van der Waals surface area contributed by atoms with E-state index in [4.69, 9.17) is 14.0 Å². The van der Waals surface area contributed by atoms with Gasteiger partial charge in [0.05, 0.1) is 13.2 Å². The predicted octanol–water partition coefficient (Wildman–Crippen LogP) is 6.68. The molecule has 1 saturated heterocycles. The Bertz CT molecular complexity index is 1410. The van der Waals surface area contributed by atoms with Crippen LogP contribution in [-0.4, -0.2) is 71.3 Å². The Hall–Kier alpha value is -3.72. The first-order chi connectivity index (χ1) is 21.4. The summed E-state index contributed by atoms with van der Waals surface area (Å²) in [6.07, 6.45) is 7.49. The standard InChI is InChI=1S/C35H44FN3O5/c1-26(2)39-22-23-42-31-17-8-5-13-27(31)14-9-11-19-35(34(39)41)18-10-3-4-12-20-38(21-24-43-35)33(40)32-25-30(37-44-32)28-15-6-7-16-29(28)36/h5-8,13,15-17,25-26H,3-4,9-12,14,18-24H2,1-2H3. The van der Waals surface area contributed by atoms with E-state index in [1.165, 1.54) is 17.7 Å². The molecular weight excluding hydrogens is 561 g/mol. The number of hydrogen-bond acceptors (Lipinski definition) is 6. The quantitative estimate of drug-likeness (QED) is 0.331. The van der Waals surface area contributed by atoms with Crippen molar-refractivity contribution in [2.45, 2.75) is 83.3 Å². The fourth-order valence-electron chi connectivity index (χ4n) is 6.29. The lowest BCUT2D eigenvalue weighted by Crippen LogP contribution is -2.54. The molecule has 3 aromatic rings. The highest BCUT2D eigenvalue weighted by atomic mass is 19.1. The third-order valence-corrected chi connectivity index (χ3v) is 8.77. The van der Waals surface area contributed by atoms with Gasteiger partial charge in [-0.25, -0.2) is 4.39 Å². The van der Waals surface area contributed by atoms with Crippen LogP contribution in [0.4, 0.5) is 4.39 Å². The molecule has 236 valence electrons. The summed E-state index contributed by atoms with van der Waals surface area (Å²) in [5, 5.41) is 3.97. The molecular formula is C35H44FN3O5. The van der Waals surface area contributed by atoms with Crippen LogP contribution in [0.2, 0.25) is 0 Å². The van der Waals surface area contributed by atoms with Gasteiger partial charge < -0.3 is 23.8 Å². The summed E-state index contributed by atoms with van der Waals surface area (Å²) < 4.78 is 32.5. The number of ether oxygens (including phenoxy) is 2. The lowest BCUT2D eigenvalue weighted by atomic mass is 9.87. The zero-order valence-corrected chi connectivity index (χ0v) is 25.9. The first-order valence-electron chi connectivity index (χ1n) is 16.0. The van der Waals surface area contributed by atoms with Crippen molar-refractivity contribution in [2.75, 3.05) is 32.8 Å². The van der Waals surface area contributed by atoms with Gasteiger partial charge in [-0.2, -0.15) is 0 Å². The zero-order valence-electron chi connectivity index (χ0n) is 25.9. The van der Waals surface area contributed by atoms with Gasteiger partial charge in [-0.3, -0.25) is 9.59 Å². The highest BCUT2D eigenvalue weighted by molar-refractivity contribution is 5.92. The molecule has 2 aliphatic heterocycles. The number of carbonyl (C=O) groups excluding carboxylic acids is 2. The third-order valence-electron chi connectivity index (χ3n) is 8.77. The van der Waals surface area contributed by atoms with Crippen LogP contribution < -0.4 is 4.74 Å². The number of carbonyl (C=O) groups is 2. The van der Waals surface area contributed by atoms with Crippen LogP contribution in [0.25, 0.3) is 11.3 Å². The maximum Gasteiger partial charge on any atom is 0.292 e. The second kappa shape index (κ2) is 14.8. The molecule has 2 aliphatic rings. The van der Waals surface area contributed by atoms with Gasteiger partial charge in [0.2, 0.25) is 5.76 Å². The molecule has 1 spiro atoms. The van der Waals surface area contributed by atoms with E-state index in [-0.39, 0.29) is 41.5 Å². The van der Waals surface area contributed by atoms with Crippen molar-refractivity contribution in [2.24, 2.45) is 0 Å². The highest BCUT2D eigenvalue weighted by Gasteiger charge is 2.42. The van der Waals surface area contributed by atoms with E-state index in [2.05, 4.69) is 11.2 Å². The van der Waals surface area contributed by atoms with E-state index in [1.54, 1.807) is 23.1 Å². The lowest BCUT2D eigenvalue weighted by Gasteiger charge is -2.40. The van der Waals surface area contributed by atoms with Crippen LogP contribution in [0.1, 0.15) is 81.3 Å².